The number of hydrogen-bond donors (Lipinski definition) is 1. The van der Waals surface area contributed by atoms with Gasteiger partial charge in [-0.1, -0.05) is 30.3 Å². The van der Waals surface area contributed by atoms with E-state index < -0.39 is 12.0 Å². The average molecular weight is 298 g/mol. The number of nitrogens with one attached hydrogen (secondary N) is 1. The molecule has 5 nitrogen and oxygen atoms in total. The highest BCUT2D eigenvalue weighted by molar-refractivity contribution is 5.96. The Morgan fingerprint density at radius 3 is 2.59 bits per heavy atom. The third kappa shape index (κ3) is 4.41. The molecule has 22 heavy (non-hydrogen) atoms. The van der Waals surface area contributed by atoms with Gasteiger partial charge in [-0.25, -0.2) is 4.79 Å². The number of aryl methyl sites for hydroxylation is 1. The molecule has 2 aromatic rings. The molecule has 2 rings (SSSR count). The maximum absolute atomic E-state index is 12.1. The van der Waals surface area contributed by atoms with Crippen LogP contribution in [0.1, 0.15) is 22.3 Å². The minimum Gasteiger partial charge on any atom is -0.467 e. The van der Waals surface area contributed by atoms with Crippen molar-refractivity contribution in [3.05, 3.63) is 66.0 Å². The Bertz CT molecular complexity index is 614. The van der Waals surface area contributed by atoms with E-state index >= 15 is 0 Å². The number of esters is 1. The van der Waals surface area contributed by atoms with Crippen LogP contribution < -0.4 is 5.32 Å². The van der Waals surface area contributed by atoms with Crippen molar-refractivity contribution >= 4 is 11.9 Å². The summed E-state index contributed by atoms with van der Waals surface area (Å²) >= 11 is 0. The van der Waals surface area contributed by atoms with Gasteiger partial charge in [0.2, 0.25) is 0 Å². The predicted molar refractivity (Wildman–Crippen MR) is 82.3 cm³/mol. The van der Waals surface area contributed by atoms with Crippen LogP contribution in [0.4, 0.5) is 0 Å². The molecule has 0 bridgehead atoms. The molecular formula is C17H18N2O3. The number of amides is 1. The molecule has 114 valence electrons. The third-order valence-electron chi connectivity index (χ3n) is 3.28. The molecule has 0 saturated heterocycles. The van der Waals surface area contributed by atoms with Gasteiger partial charge in [0, 0.05) is 12.4 Å². The Morgan fingerprint density at radius 1 is 1.18 bits per heavy atom. The molecule has 0 aliphatic carbocycles. The van der Waals surface area contributed by atoms with Gasteiger partial charge in [-0.2, -0.15) is 0 Å². The van der Waals surface area contributed by atoms with E-state index in [9.17, 15) is 9.59 Å². The lowest BCUT2D eigenvalue weighted by Gasteiger charge is -2.16. The number of ether oxygens (including phenoxy) is 1. The van der Waals surface area contributed by atoms with Crippen LogP contribution in [-0.2, 0) is 16.0 Å². The SMILES string of the molecule is COC(=O)[C@@H](CCc1ccccc1)NC(=O)c1cccnc1. The summed E-state index contributed by atoms with van der Waals surface area (Å²) in [6.45, 7) is 0. The number of methoxy groups -OCH3 is 1. The third-order valence-corrected chi connectivity index (χ3v) is 3.28. The zero-order valence-corrected chi connectivity index (χ0v) is 12.4. The van der Waals surface area contributed by atoms with Gasteiger partial charge in [0.05, 0.1) is 12.7 Å². The number of nitrogens with zero attached hydrogens (tertiary/aromatic N) is 1. The minimum absolute atomic E-state index is 0.337. The number of pyridine rings is 1. The Kier molecular flexibility index (Phi) is 5.65. The van der Waals surface area contributed by atoms with Crippen LogP contribution in [0.15, 0.2) is 54.9 Å². The van der Waals surface area contributed by atoms with E-state index in [1.54, 1.807) is 18.3 Å². The predicted octanol–water partition coefficient (Wildman–Crippen LogP) is 1.99. The zero-order chi connectivity index (χ0) is 15.8. The molecule has 0 aliphatic heterocycles. The fourth-order valence-electron chi connectivity index (χ4n) is 2.09. The van der Waals surface area contributed by atoms with Crippen molar-refractivity contribution in [2.24, 2.45) is 0 Å². The van der Waals surface area contributed by atoms with Gasteiger partial charge in [0.15, 0.2) is 0 Å². The van der Waals surface area contributed by atoms with E-state index in [4.69, 9.17) is 4.74 Å². The summed E-state index contributed by atoms with van der Waals surface area (Å²) in [5.41, 5.74) is 1.52. The summed E-state index contributed by atoms with van der Waals surface area (Å²) in [5, 5.41) is 2.70. The fourth-order valence-corrected chi connectivity index (χ4v) is 2.09. The first-order valence-electron chi connectivity index (χ1n) is 7.03. The van der Waals surface area contributed by atoms with Crippen molar-refractivity contribution in [1.82, 2.24) is 10.3 Å². The second kappa shape index (κ2) is 7.93. The summed E-state index contributed by atoms with van der Waals surface area (Å²) in [5.74, 6) is -0.787. The summed E-state index contributed by atoms with van der Waals surface area (Å²) in [4.78, 5) is 27.9. The van der Waals surface area contributed by atoms with E-state index in [0.29, 0.717) is 18.4 Å². The molecule has 0 unspecified atom stereocenters. The number of rotatable bonds is 6. The maximum atomic E-state index is 12.1. The van der Waals surface area contributed by atoms with Gasteiger partial charge in [-0.3, -0.25) is 9.78 Å². The van der Waals surface area contributed by atoms with Gasteiger partial charge in [0.25, 0.3) is 5.91 Å². The first-order chi connectivity index (χ1) is 10.7. The number of carbonyl (C=O) groups is 2. The lowest BCUT2D eigenvalue weighted by atomic mass is 10.0. The second-order valence-corrected chi connectivity index (χ2v) is 4.82. The molecule has 1 atom stereocenters. The van der Waals surface area contributed by atoms with Crippen LogP contribution in [-0.4, -0.2) is 30.0 Å². The molecule has 0 saturated carbocycles. The quantitative estimate of drug-likeness (QED) is 0.828. The summed E-state index contributed by atoms with van der Waals surface area (Å²) in [6, 6.07) is 12.4. The van der Waals surface area contributed by atoms with Gasteiger partial charge < -0.3 is 10.1 Å². The number of hydrogen-bond acceptors (Lipinski definition) is 4. The fraction of sp³-hybridized carbons (Fsp3) is 0.235. The average Bonchev–Trinajstić information content (AvgIpc) is 2.59. The molecule has 1 aromatic heterocycles. The van der Waals surface area contributed by atoms with Crippen molar-refractivity contribution in [2.75, 3.05) is 7.11 Å². The standard InChI is InChI=1S/C17H18N2O3/c1-22-17(21)15(10-9-13-6-3-2-4-7-13)19-16(20)14-8-5-11-18-12-14/h2-8,11-12,15H,9-10H2,1H3,(H,19,20)/t15-/m1/s1. The maximum Gasteiger partial charge on any atom is 0.328 e. The number of carbonyl (C=O) groups excluding carboxylic acids is 2. The smallest absolute Gasteiger partial charge is 0.328 e. The van der Waals surface area contributed by atoms with Crippen LogP contribution >= 0.6 is 0 Å². The molecule has 1 N–H and O–H groups in total. The van der Waals surface area contributed by atoms with Gasteiger partial charge in [-0.15, -0.1) is 0 Å². The number of benzene rings is 1. The summed E-state index contributed by atoms with van der Waals surface area (Å²) in [6.07, 6.45) is 4.20. The van der Waals surface area contributed by atoms with Crippen molar-refractivity contribution in [3.8, 4) is 0 Å². The van der Waals surface area contributed by atoms with E-state index in [1.165, 1.54) is 13.3 Å². The largest absolute Gasteiger partial charge is 0.467 e. The Hall–Kier alpha value is -2.69. The summed E-state index contributed by atoms with van der Waals surface area (Å²) < 4.78 is 4.77. The lowest BCUT2D eigenvalue weighted by molar-refractivity contribution is -0.143. The monoisotopic (exact) mass is 298 g/mol. The Labute approximate surface area is 129 Å². The van der Waals surface area contributed by atoms with E-state index in [1.807, 2.05) is 30.3 Å². The van der Waals surface area contributed by atoms with Gasteiger partial charge >= 0.3 is 5.97 Å². The van der Waals surface area contributed by atoms with Crippen LogP contribution in [0.2, 0.25) is 0 Å². The first kappa shape index (κ1) is 15.7. The first-order valence-corrected chi connectivity index (χ1v) is 7.03. The zero-order valence-electron chi connectivity index (χ0n) is 12.4. The molecule has 5 heteroatoms. The van der Waals surface area contributed by atoms with Gasteiger partial charge in [-0.05, 0) is 30.5 Å². The normalized spacial score (nSPS) is 11.5. The molecule has 1 heterocycles. The van der Waals surface area contributed by atoms with E-state index in [-0.39, 0.29) is 5.91 Å². The lowest BCUT2D eigenvalue weighted by Crippen LogP contribution is -2.41. The highest BCUT2D eigenvalue weighted by atomic mass is 16.5. The van der Waals surface area contributed by atoms with Gasteiger partial charge in [0.1, 0.15) is 6.04 Å². The molecule has 0 fully saturated rings. The minimum atomic E-state index is -0.682. The topological polar surface area (TPSA) is 68.3 Å². The Balaban J connectivity index is 2.00. The highest BCUT2D eigenvalue weighted by Gasteiger charge is 2.21. The Morgan fingerprint density at radius 2 is 1.95 bits per heavy atom. The molecule has 0 spiro atoms. The molecule has 0 radical (unpaired) electrons. The van der Waals surface area contributed by atoms with Crippen molar-refractivity contribution in [2.45, 2.75) is 18.9 Å². The molecular weight excluding hydrogens is 280 g/mol. The van der Waals surface area contributed by atoms with Crippen molar-refractivity contribution in [1.29, 1.82) is 0 Å². The van der Waals surface area contributed by atoms with E-state index in [0.717, 1.165) is 5.56 Å². The molecule has 1 amide bonds. The summed E-state index contributed by atoms with van der Waals surface area (Å²) in [7, 11) is 1.31. The highest BCUT2D eigenvalue weighted by Crippen LogP contribution is 2.07. The van der Waals surface area contributed by atoms with Crippen LogP contribution in [0.25, 0.3) is 0 Å². The second-order valence-electron chi connectivity index (χ2n) is 4.82. The van der Waals surface area contributed by atoms with E-state index in [2.05, 4.69) is 10.3 Å². The van der Waals surface area contributed by atoms with Crippen LogP contribution in [0.5, 0.6) is 0 Å². The molecule has 0 aliphatic rings. The van der Waals surface area contributed by atoms with Crippen LogP contribution in [0, 0.1) is 0 Å². The van der Waals surface area contributed by atoms with Crippen LogP contribution in [0.3, 0.4) is 0 Å². The number of aromatic nitrogens is 1. The van der Waals surface area contributed by atoms with Crippen molar-refractivity contribution < 1.29 is 14.3 Å². The molecule has 1 aromatic carbocycles. The van der Waals surface area contributed by atoms with Crippen molar-refractivity contribution in [3.63, 3.8) is 0 Å².